The number of nitrogens with two attached hydrogens (primary N) is 2. The molecule has 1 fully saturated rings. The first-order valence-electron chi connectivity index (χ1n) is 6.98. The van der Waals surface area contributed by atoms with Gasteiger partial charge in [-0.25, -0.2) is 0 Å². The minimum atomic E-state index is -0.447. The van der Waals surface area contributed by atoms with Crippen LogP contribution in [0.4, 0.5) is 0 Å². The number of benzene rings is 1. The molecule has 0 radical (unpaired) electrons. The fraction of sp³-hybridized carbons (Fsp3) is 0.467. The highest BCUT2D eigenvalue weighted by Crippen LogP contribution is 2.30. The molecular weight excluding hydrogens is 254 g/mol. The van der Waals surface area contributed by atoms with Crippen LogP contribution in [0.25, 0.3) is 0 Å². The first-order chi connectivity index (χ1) is 9.61. The molecule has 20 heavy (non-hydrogen) atoms. The van der Waals surface area contributed by atoms with E-state index < -0.39 is 5.91 Å². The van der Waals surface area contributed by atoms with E-state index >= 15 is 0 Å². The molecule has 1 aromatic carbocycles. The van der Waals surface area contributed by atoms with Crippen LogP contribution in [0, 0.1) is 11.8 Å². The molecule has 1 aromatic rings. The molecule has 0 aromatic heterocycles. The lowest BCUT2D eigenvalue weighted by Crippen LogP contribution is -2.34. The maximum Gasteiger partial charge on any atom is 0.248 e. The number of rotatable bonds is 5. The Bertz CT molecular complexity index is 484. The zero-order chi connectivity index (χ0) is 14.5. The number of primary amides is 1. The summed E-state index contributed by atoms with van der Waals surface area (Å²) >= 11 is 0. The van der Waals surface area contributed by atoms with E-state index in [4.69, 9.17) is 11.5 Å². The molecule has 0 spiro atoms. The van der Waals surface area contributed by atoms with Crippen LogP contribution in [-0.2, 0) is 11.3 Å². The molecule has 0 aliphatic heterocycles. The maximum atomic E-state index is 12.1. The molecule has 1 aliphatic rings. The lowest BCUT2D eigenvalue weighted by atomic mass is 9.95. The lowest BCUT2D eigenvalue weighted by molar-refractivity contribution is -0.126. The summed E-state index contributed by atoms with van der Waals surface area (Å²) in [6.07, 6.45) is 3.05. The van der Waals surface area contributed by atoms with Crippen molar-refractivity contribution in [1.29, 1.82) is 0 Å². The Balaban J connectivity index is 1.88. The first-order valence-corrected chi connectivity index (χ1v) is 6.98. The van der Waals surface area contributed by atoms with E-state index in [9.17, 15) is 9.59 Å². The molecule has 0 heterocycles. The molecule has 5 N–H and O–H groups in total. The topological polar surface area (TPSA) is 98.2 Å². The molecule has 2 amide bonds. The molecule has 0 unspecified atom stereocenters. The second-order valence-electron chi connectivity index (χ2n) is 5.31. The SMILES string of the molecule is NC[C@H]1CCC[C@H]1C(=O)NCc1ccc(C(N)=O)cc1. The Morgan fingerprint density at radius 1 is 1.20 bits per heavy atom. The summed E-state index contributed by atoms with van der Waals surface area (Å²) in [4.78, 5) is 23.1. The standard InChI is InChI=1S/C15H21N3O2/c16-8-12-2-1-3-13(12)15(20)18-9-10-4-6-11(7-5-10)14(17)19/h4-7,12-13H,1-3,8-9,16H2,(H2,17,19)(H,18,20)/t12-,13-/m1/s1. The average Bonchev–Trinajstić information content (AvgIpc) is 2.93. The summed E-state index contributed by atoms with van der Waals surface area (Å²) in [5.41, 5.74) is 12.3. The third-order valence-corrected chi connectivity index (χ3v) is 4.00. The van der Waals surface area contributed by atoms with E-state index in [0.29, 0.717) is 24.6 Å². The molecule has 2 rings (SSSR count). The van der Waals surface area contributed by atoms with Crippen LogP contribution in [0.1, 0.15) is 35.2 Å². The van der Waals surface area contributed by atoms with E-state index in [1.807, 2.05) is 0 Å². The van der Waals surface area contributed by atoms with Gasteiger partial charge in [0.2, 0.25) is 11.8 Å². The molecule has 1 aliphatic carbocycles. The summed E-state index contributed by atoms with van der Waals surface area (Å²) < 4.78 is 0. The smallest absolute Gasteiger partial charge is 0.248 e. The molecule has 0 saturated heterocycles. The van der Waals surface area contributed by atoms with Crippen LogP contribution < -0.4 is 16.8 Å². The summed E-state index contributed by atoms with van der Waals surface area (Å²) in [5, 5.41) is 2.94. The predicted molar refractivity (Wildman–Crippen MR) is 76.7 cm³/mol. The van der Waals surface area contributed by atoms with E-state index in [1.165, 1.54) is 0 Å². The van der Waals surface area contributed by atoms with Crippen molar-refractivity contribution < 1.29 is 9.59 Å². The number of carbonyl (C=O) groups excluding carboxylic acids is 2. The van der Waals surface area contributed by atoms with E-state index in [0.717, 1.165) is 24.8 Å². The summed E-state index contributed by atoms with van der Waals surface area (Å²) in [6, 6.07) is 6.94. The Labute approximate surface area is 118 Å². The number of amides is 2. The predicted octanol–water partition coefficient (Wildman–Crippen LogP) is 0.777. The van der Waals surface area contributed by atoms with Crippen molar-refractivity contribution in [2.75, 3.05) is 6.54 Å². The fourth-order valence-electron chi connectivity index (χ4n) is 2.77. The van der Waals surface area contributed by atoms with Crippen LogP contribution in [-0.4, -0.2) is 18.4 Å². The van der Waals surface area contributed by atoms with Crippen molar-refractivity contribution in [2.24, 2.45) is 23.3 Å². The molecule has 0 bridgehead atoms. The Kier molecular flexibility index (Phi) is 4.74. The molecule has 5 heteroatoms. The van der Waals surface area contributed by atoms with Crippen molar-refractivity contribution in [3.05, 3.63) is 35.4 Å². The van der Waals surface area contributed by atoms with Crippen LogP contribution in [0.15, 0.2) is 24.3 Å². The Morgan fingerprint density at radius 2 is 1.90 bits per heavy atom. The van der Waals surface area contributed by atoms with Crippen molar-refractivity contribution in [1.82, 2.24) is 5.32 Å². The van der Waals surface area contributed by atoms with Gasteiger partial charge >= 0.3 is 0 Å². The van der Waals surface area contributed by atoms with Gasteiger partial charge in [0.15, 0.2) is 0 Å². The average molecular weight is 275 g/mol. The van der Waals surface area contributed by atoms with Crippen LogP contribution >= 0.6 is 0 Å². The van der Waals surface area contributed by atoms with Gasteiger partial charge in [-0.05, 0) is 43.0 Å². The first kappa shape index (κ1) is 14.5. The number of hydrogen-bond acceptors (Lipinski definition) is 3. The lowest BCUT2D eigenvalue weighted by Gasteiger charge is -2.17. The zero-order valence-corrected chi connectivity index (χ0v) is 11.5. The second kappa shape index (κ2) is 6.52. The normalized spacial score (nSPS) is 21.6. The molecule has 108 valence electrons. The van der Waals surface area contributed by atoms with Gasteiger partial charge in [0.1, 0.15) is 0 Å². The van der Waals surface area contributed by atoms with E-state index in [1.54, 1.807) is 24.3 Å². The van der Waals surface area contributed by atoms with Crippen molar-refractivity contribution >= 4 is 11.8 Å². The Morgan fingerprint density at radius 3 is 2.50 bits per heavy atom. The second-order valence-corrected chi connectivity index (χ2v) is 5.31. The molecule has 2 atom stereocenters. The number of nitrogens with one attached hydrogen (secondary N) is 1. The van der Waals surface area contributed by atoms with Gasteiger partial charge in [-0.15, -0.1) is 0 Å². The van der Waals surface area contributed by atoms with Gasteiger partial charge in [0.25, 0.3) is 0 Å². The number of hydrogen-bond donors (Lipinski definition) is 3. The third-order valence-electron chi connectivity index (χ3n) is 4.00. The van der Waals surface area contributed by atoms with Gasteiger partial charge in [0, 0.05) is 18.0 Å². The zero-order valence-electron chi connectivity index (χ0n) is 11.5. The van der Waals surface area contributed by atoms with Gasteiger partial charge < -0.3 is 16.8 Å². The fourth-order valence-corrected chi connectivity index (χ4v) is 2.77. The summed E-state index contributed by atoms with van der Waals surface area (Å²) in [5.74, 6) is -0.00797. The highest BCUT2D eigenvalue weighted by molar-refractivity contribution is 5.92. The minimum Gasteiger partial charge on any atom is -0.366 e. The molecular formula is C15H21N3O2. The van der Waals surface area contributed by atoms with Crippen LogP contribution in [0.5, 0.6) is 0 Å². The van der Waals surface area contributed by atoms with Crippen LogP contribution in [0.3, 0.4) is 0 Å². The van der Waals surface area contributed by atoms with Crippen molar-refractivity contribution in [2.45, 2.75) is 25.8 Å². The van der Waals surface area contributed by atoms with E-state index in [-0.39, 0.29) is 11.8 Å². The highest BCUT2D eigenvalue weighted by Gasteiger charge is 2.31. The van der Waals surface area contributed by atoms with Gasteiger partial charge in [-0.3, -0.25) is 9.59 Å². The summed E-state index contributed by atoms with van der Waals surface area (Å²) in [7, 11) is 0. The van der Waals surface area contributed by atoms with Crippen molar-refractivity contribution in [3.8, 4) is 0 Å². The third kappa shape index (κ3) is 3.36. The highest BCUT2D eigenvalue weighted by atomic mass is 16.2. The van der Waals surface area contributed by atoms with Gasteiger partial charge in [0.05, 0.1) is 0 Å². The monoisotopic (exact) mass is 275 g/mol. The van der Waals surface area contributed by atoms with E-state index in [2.05, 4.69) is 5.32 Å². The van der Waals surface area contributed by atoms with Crippen molar-refractivity contribution in [3.63, 3.8) is 0 Å². The Hall–Kier alpha value is -1.88. The largest absolute Gasteiger partial charge is 0.366 e. The van der Waals surface area contributed by atoms with Gasteiger partial charge in [-0.1, -0.05) is 18.6 Å². The van der Waals surface area contributed by atoms with Crippen LogP contribution in [0.2, 0.25) is 0 Å². The maximum absolute atomic E-state index is 12.1. The molecule has 1 saturated carbocycles. The number of carbonyl (C=O) groups is 2. The quantitative estimate of drug-likeness (QED) is 0.740. The van der Waals surface area contributed by atoms with Gasteiger partial charge in [-0.2, -0.15) is 0 Å². The minimum absolute atomic E-state index is 0.0462. The summed E-state index contributed by atoms with van der Waals surface area (Å²) in [6.45, 7) is 1.04. The molecule has 5 nitrogen and oxygen atoms in total.